The minimum Gasteiger partial charge on any atom is -0.396 e. The number of hydrogen-bond donors (Lipinski definition) is 3. The Morgan fingerprint density at radius 2 is 2.00 bits per heavy atom. The molecule has 0 saturated carbocycles. The number of benzene rings is 1. The quantitative estimate of drug-likeness (QED) is 0.519. The van der Waals surface area contributed by atoms with Gasteiger partial charge in [0.15, 0.2) is 0 Å². The topological polar surface area (TPSA) is 92.4 Å². The predicted octanol–water partition coefficient (Wildman–Crippen LogP) is 1.16. The molecule has 5 nitrogen and oxygen atoms in total. The van der Waals surface area contributed by atoms with Crippen LogP contribution in [0.2, 0.25) is 0 Å². The summed E-state index contributed by atoms with van der Waals surface area (Å²) >= 11 is 0. The number of rotatable bonds is 7. The summed E-state index contributed by atoms with van der Waals surface area (Å²) in [5.74, 6) is -0.595. The molecule has 1 aromatic rings. The number of aryl methyl sites for hydroxylation is 1. The zero-order valence-electron chi connectivity index (χ0n) is 10.8. The Labute approximate surface area is 112 Å². The third-order valence-electron chi connectivity index (χ3n) is 2.69. The van der Waals surface area contributed by atoms with Crippen molar-refractivity contribution in [2.24, 2.45) is 0 Å². The molecule has 0 saturated heterocycles. The van der Waals surface area contributed by atoms with E-state index in [0.29, 0.717) is 12.8 Å². The molecule has 0 bridgehead atoms. The normalized spacial score (nSPS) is 11.7. The SMILES string of the molecule is Cc1cc(S(=O)(=O)NCCCCCO)cc(N)c1F. The van der Waals surface area contributed by atoms with E-state index in [0.717, 1.165) is 12.5 Å². The van der Waals surface area contributed by atoms with Crippen molar-refractivity contribution >= 4 is 15.7 Å². The van der Waals surface area contributed by atoms with Crippen LogP contribution in [0.3, 0.4) is 0 Å². The number of aliphatic hydroxyl groups excluding tert-OH is 1. The van der Waals surface area contributed by atoms with Gasteiger partial charge in [0.2, 0.25) is 10.0 Å². The molecule has 108 valence electrons. The van der Waals surface area contributed by atoms with Crippen molar-refractivity contribution in [2.75, 3.05) is 18.9 Å². The molecule has 4 N–H and O–H groups in total. The van der Waals surface area contributed by atoms with Crippen molar-refractivity contribution in [1.82, 2.24) is 4.72 Å². The van der Waals surface area contributed by atoms with Gasteiger partial charge < -0.3 is 10.8 Å². The summed E-state index contributed by atoms with van der Waals surface area (Å²) in [5, 5.41) is 8.60. The van der Waals surface area contributed by atoms with Crippen LogP contribution >= 0.6 is 0 Å². The maximum atomic E-state index is 13.3. The fourth-order valence-corrected chi connectivity index (χ4v) is 2.82. The molecule has 0 fully saturated rings. The van der Waals surface area contributed by atoms with E-state index >= 15 is 0 Å². The second kappa shape index (κ2) is 6.83. The van der Waals surface area contributed by atoms with E-state index in [1.165, 1.54) is 13.0 Å². The van der Waals surface area contributed by atoms with Gasteiger partial charge in [-0.05, 0) is 43.9 Å². The van der Waals surface area contributed by atoms with E-state index in [2.05, 4.69) is 4.72 Å². The molecule has 0 unspecified atom stereocenters. The molecular formula is C12H19FN2O3S. The largest absolute Gasteiger partial charge is 0.396 e. The highest BCUT2D eigenvalue weighted by Crippen LogP contribution is 2.20. The van der Waals surface area contributed by atoms with E-state index < -0.39 is 15.8 Å². The van der Waals surface area contributed by atoms with Gasteiger partial charge in [-0.15, -0.1) is 0 Å². The summed E-state index contributed by atoms with van der Waals surface area (Å²) in [4.78, 5) is -0.0361. The fourth-order valence-electron chi connectivity index (χ4n) is 1.62. The minimum atomic E-state index is -3.67. The summed E-state index contributed by atoms with van der Waals surface area (Å²) < 4.78 is 39.6. The monoisotopic (exact) mass is 290 g/mol. The highest BCUT2D eigenvalue weighted by Gasteiger charge is 2.16. The number of nitrogen functional groups attached to an aromatic ring is 1. The Balaban J connectivity index is 2.72. The molecule has 0 spiro atoms. The number of halogens is 1. The number of aliphatic hydroxyl groups is 1. The van der Waals surface area contributed by atoms with Gasteiger partial charge in [-0.3, -0.25) is 0 Å². The summed E-state index contributed by atoms with van der Waals surface area (Å²) in [5.41, 5.74) is 5.43. The average molecular weight is 290 g/mol. The molecule has 0 aliphatic rings. The van der Waals surface area contributed by atoms with Crippen LogP contribution in [-0.4, -0.2) is 26.7 Å². The minimum absolute atomic E-state index is 0.0361. The van der Waals surface area contributed by atoms with E-state index in [1.807, 2.05) is 0 Å². The Morgan fingerprint density at radius 3 is 2.58 bits per heavy atom. The van der Waals surface area contributed by atoms with Crippen LogP contribution in [-0.2, 0) is 10.0 Å². The molecule has 19 heavy (non-hydrogen) atoms. The van der Waals surface area contributed by atoms with E-state index in [1.54, 1.807) is 0 Å². The summed E-state index contributed by atoms with van der Waals surface area (Å²) in [7, 11) is -3.67. The zero-order chi connectivity index (χ0) is 14.5. The van der Waals surface area contributed by atoms with Crippen LogP contribution in [0.15, 0.2) is 17.0 Å². The number of unbranched alkanes of at least 4 members (excludes halogenated alkanes) is 2. The van der Waals surface area contributed by atoms with Crippen LogP contribution < -0.4 is 10.5 Å². The number of hydrogen-bond acceptors (Lipinski definition) is 4. The highest BCUT2D eigenvalue weighted by atomic mass is 32.2. The first-order valence-electron chi connectivity index (χ1n) is 6.04. The molecule has 0 aliphatic heterocycles. The van der Waals surface area contributed by atoms with Crippen molar-refractivity contribution in [3.8, 4) is 0 Å². The molecular weight excluding hydrogens is 271 g/mol. The second-order valence-corrected chi connectivity index (χ2v) is 6.09. The first kappa shape index (κ1) is 15.9. The second-order valence-electron chi connectivity index (χ2n) is 4.33. The first-order valence-corrected chi connectivity index (χ1v) is 7.53. The lowest BCUT2D eigenvalue weighted by Gasteiger charge is -2.09. The Kier molecular flexibility index (Phi) is 5.71. The Morgan fingerprint density at radius 1 is 1.32 bits per heavy atom. The van der Waals surface area contributed by atoms with Gasteiger partial charge in [0.05, 0.1) is 10.6 Å². The van der Waals surface area contributed by atoms with E-state index in [4.69, 9.17) is 10.8 Å². The summed E-state index contributed by atoms with van der Waals surface area (Å²) in [6, 6.07) is 2.36. The van der Waals surface area contributed by atoms with Crippen molar-refractivity contribution < 1.29 is 17.9 Å². The fraction of sp³-hybridized carbons (Fsp3) is 0.500. The van der Waals surface area contributed by atoms with Gasteiger partial charge in [-0.1, -0.05) is 0 Å². The standard InChI is InChI=1S/C12H19FN2O3S/c1-9-7-10(8-11(14)12(9)13)19(17,18)15-5-3-2-4-6-16/h7-8,15-16H,2-6,14H2,1H3. The van der Waals surface area contributed by atoms with E-state index in [-0.39, 0.29) is 29.3 Å². The van der Waals surface area contributed by atoms with Gasteiger partial charge in [0, 0.05) is 13.2 Å². The van der Waals surface area contributed by atoms with Gasteiger partial charge >= 0.3 is 0 Å². The highest BCUT2D eigenvalue weighted by molar-refractivity contribution is 7.89. The first-order chi connectivity index (χ1) is 8.88. The smallest absolute Gasteiger partial charge is 0.240 e. The lowest BCUT2D eigenvalue weighted by molar-refractivity contribution is 0.283. The Bertz CT molecular complexity index is 509. The number of nitrogens with two attached hydrogens (primary N) is 1. The summed E-state index contributed by atoms with van der Waals surface area (Å²) in [6.45, 7) is 1.84. The molecule has 0 radical (unpaired) electrons. The maximum absolute atomic E-state index is 13.3. The van der Waals surface area contributed by atoms with Crippen molar-refractivity contribution in [2.45, 2.75) is 31.1 Å². The van der Waals surface area contributed by atoms with Crippen LogP contribution in [0.5, 0.6) is 0 Å². The number of nitrogens with one attached hydrogen (secondary N) is 1. The summed E-state index contributed by atoms with van der Waals surface area (Å²) in [6.07, 6.45) is 2.02. The van der Waals surface area contributed by atoms with Crippen LogP contribution in [0.25, 0.3) is 0 Å². The van der Waals surface area contributed by atoms with Crippen molar-refractivity contribution in [3.05, 3.63) is 23.5 Å². The third kappa shape index (κ3) is 4.45. The molecule has 7 heteroatoms. The lowest BCUT2D eigenvalue weighted by Crippen LogP contribution is -2.25. The van der Waals surface area contributed by atoms with E-state index in [9.17, 15) is 12.8 Å². The lowest BCUT2D eigenvalue weighted by atomic mass is 10.2. The van der Waals surface area contributed by atoms with Gasteiger partial charge in [-0.25, -0.2) is 17.5 Å². The maximum Gasteiger partial charge on any atom is 0.240 e. The Hall–Kier alpha value is -1.18. The third-order valence-corrected chi connectivity index (χ3v) is 4.13. The van der Waals surface area contributed by atoms with Gasteiger partial charge in [-0.2, -0.15) is 0 Å². The van der Waals surface area contributed by atoms with Crippen LogP contribution in [0.1, 0.15) is 24.8 Å². The molecule has 1 aromatic carbocycles. The predicted molar refractivity (Wildman–Crippen MR) is 71.7 cm³/mol. The molecule has 0 aromatic heterocycles. The van der Waals surface area contributed by atoms with Crippen LogP contribution in [0, 0.1) is 12.7 Å². The average Bonchev–Trinajstić information content (AvgIpc) is 2.35. The van der Waals surface area contributed by atoms with Gasteiger partial charge in [0.25, 0.3) is 0 Å². The molecule has 0 aliphatic carbocycles. The van der Waals surface area contributed by atoms with Crippen molar-refractivity contribution in [3.63, 3.8) is 0 Å². The zero-order valence-corrected chi connectivity index (χ0v) is 11.6. The molecule has 0 amide bonds. The number of anilines is 1. The van der Waals surface area contributed by atoms with Gasteiger partial charge in [0.1, 0.15) is 5.82 Å². The number of sulfonamides is 1. The molecule has 0 heterocycles. The molecule has 1 rings (SSSR count). The molecule has 0 atom stereocenters. The van der Waals surface area contributed by atoms with Crippen LogP contribution in [0.4, 0.5) is 10.1 Å². The van der Waals surface area contributed by atoms with Crippen molar-refractivity contribution in [1.29, 1.82) is 0 Å².